The topological polar surface area (TPSA) is 45.5 Å². The number of furan rings is 1. The number of nitrogens with one attached hydrogen (secondary N) is 1. The second kappa shape index (κ2) is 5.56. The molecule has 2 unspecified atom stereocenters. The number of hydrogen-bond donors (Lipinski definition) is 1. The first-order valence-electron chi connectivity index (χ1n) is 5.68. The third kappa shape index (κ3) is 3.23. The van der Waals surface area contributed by atoms with Crippen molar-refractivity contribution in [3.63, 3.8) is 0 Å². The lowest BCUT2D eigenvalue weighted by Gasteiger charge is -2.35. The van der Waals surface area contributed by atoms with Crippen LogP contribution >= 0.6 is 12.4 Å². The Morgan fingerprint density at radius 1 is 1.35 bits per heavy atom. The highest BCUT2D eigenvalue weighted by Gasteiger charge is 2.26. The van der Waals surface area contributed by atoms with E-state index in [0.29, 0.717) is 17.8 Å². The number of hydrogen-bond acceptors (Lipinski definition) is 3. The zero-order valence-electron chi connectivity index (χ0n) is 10.4. The Morgan fingerprint density at radius 3 is 2.41 bits per heavy atom. The lowest BCUT2D eigenvalue weighted by molar-refractivity contribution is 0.0640. The number of halogens is 1. The van der Waals surface area contributed by atoms with Gasteiger partial charge in [-0.15, -0.1) is 12.4 Å². The van der Waals surface area contributed by atoms with Gasteiger partial charge in [0.1, 0.15) is 5.76 Å². The quantitative estimate of drug-likeness (QED) is 0.836. The number of carbonyl (C=O) groups is 1. The molecule has 0 radical (unpaired) electrons. The van der Waals surface area contributed by atoms with Gasteiger partial charge in [-0.2, -0.15) is 0 Å². The van der Waals surface area contributed by atoms with Gasteiger partial charge in [-0.05, 0) is 32.9 Å². The minimum Gasteiger partial charge on any atom is -0.456 e. The van der Waals surface area contributed by atoms with E-state index in [0.717, 1.165) is 18.8 Å². The molecular weight excluding hydrogens is 240 g/mol. The minimum absolute atomic E-state index is 0. The molecule has 5 heteroatoms. The van der Waals surface area contributed by atoms with Crippen LogP contribution in [0.15, 0.2) is 16.5 Å². The van der Waals surface area contributed by atoms with Crippen LogP contribution in [-0.2, 0) is 0 Å². The highest BCUT2D eigenvalue weighted by molar-refractivity contribution is 5.91. The van der Waals surface area contributed by atoms with Gasteiger partial charge in [0, 0.05) is 25.2 Å². The first kappa shape index (κ1) is 14.1. The molecule has 0 aromatic carbocycles. The van der Waals surface area contributed by atoms with E-state index in [9.17, 15) is 4.79 Å². The molecule has 0 bridgehead atoms. The van der Waals surface area contributed by atoms with E-state index >= 15 is 0 Å². The first-order valence-corrected chi connectivity index (χ1v) is 5.68. The molecular formula is C12H19ClN2O2. The summed E-state index contributed by atoms with van der Waals surface area (Å²) in [7, 11) is 0. The van der Waals surface area contributed by atoms with Gasteiger partial charge in [0.05, 0.1) is 0 Å². The van der Waals surface area contributed by atoms with Crippen molar-refractivity contribution in [3.05, 3.63) is 23.7 Å². The van der Waals surface area contributed by atoms with Crippen LogP contribution in [-0.4, -0.2) is 36.0 Å². The summed E-state index contributed by atoms with van der Waals surface area (Å²) in [6.45, 7) is 7.50. The number of rotatable bonds is 1. The lowest BCUT2D eigenvalue weighted by atomic mass is 10.1. The minimum atomic E-state index is -0.00620. The molecule has 1 aliphatic rings. The average molecular weight is 259 g/mol. The summed E-state index contributed by atoms with van der Waals surface area (Å²) in [6, 6.07) is 4.24. The maximum atomic E-state index is 12.1. The summed E-state index contributed by atoms with van der Waals surface area (Å²) in [5.41, 5.74) is 0. The molecule has 2 atom stereocenters. The maximum absolute atomic E-state index is 12.1. The molecule has 96 valence electrons. The molecule has 0 saturated carbocycles. The summed E-state index contributed by atoms with van der Waals surface area (Å²) >= 11 is 0. The molecule has 1 amide bonds. The summed E-state index contributed by atoms with van der Waals surface area (Å²) in [5.74, 6) is 1.21. The fraction of sp³-hybridized carbons (Fsp3) is 0.583. The molecule has 2 heterocycles. The molecule has 1 N–H and O–H groups in total. The highest BCUT2D eigenvalue weighted by atomic mass is 35.5. The molecule has 1 aliphatic heterocycles. The van der Waals surface area contributed by atoms with E-state index in [-0.39, 0.29) is 18.3 Å². The molecule has 1 saturated heterocycles. The van der Waals surface area contributed by atoms with Crippen molar-refractivity contribution in [1.82, 2.24) is 10.2 Å². The van der Waals surface area contributed by atoms with Crippen LogP contribution in [0, 0.1) is 6.92 Å². The SMILES string of the molecule is Cc1ccc(C(=O)N2CC(C)NC(C)C2)o1.Cl. The molecule has 1 fully saturated rings. The van der Waals surface area contributed by atoms with Crippen molar-refractivity contribution in [2.45, 2.75) is 32.9 Å². The Kier molecular flexibility index (Phi) is 4.60. The zero-order valence-corrected chi connectivity index (χ0v) is 11.2. The number of carbonyl (C=O) groups excluding carboxylic acids is 1. The summed E-state index contributed by atoms with van der Waals surface area (Å²) in [4.78, 5) is 14.0. The predicted octanol–water partition coefficient (Wildman–Crippen LogP) is 1.83. The van der Waals surface area contributed by atoms with Gasteiger partial charge in [-0.25, -0.2) is 0 Å². The van der Waals surface area contributed by atoms with Crippen molar-refractivity contribution in [3.8, 4) is 0 Å². The van der Waals surface area contributed by atoms with Gasteiger partial charge in [-0.1, -0.05) is 0 Å². The fourth-order valence-electron chi connectivity index (χ4n) is 2.20. The van der Waals surface area contributed by atoms with Crippen molar-refractivity contribution in [2.75, 3.05) is 13.1 Å². The van der Waals surface area contributed by atoms with Crippen LogP contribution in [0.3, 0.4) is 0 Å². The van der Waals surface area contributed by atoms with Gasteiger partial charge in [-0.3, -0.25) is 4.79 Å². The summed E-state index contributed by atoms with van der Waals surface area (Å²) in [6.07, 6.45) is 0. The van der Waals surface area contributed by atoms with Crippen molar-refractivity contribution < 1.29 is 9.21 Å². The Morgan fingerprint density at radius 2 is 1.94 bits per heavy atom. The lowest BCUT2D eigenvalue weighted by Crippen LogP contribution is -2.55. The molecule has 1 aromatic rings. The van der Waals surface area contributed by atoms with E-state index in [4.69, 9.17) is 4.42 Å². The Balaban J connectivity index is 0.00000144. The van der Waals surface area contributed by atoms with Gasteiger partial charge >= 0.3 is 0 Å². The van der Waals surface area contributed by atoms with Crippen LogP contribution in [0.1, 0.15) is 30.2 Å². The van der Waals surface area contributed by atoms with Crippen molar-refractivity contribution >= 4 is 18.3 Å². The van der Waals surface area contributed by atoms with Gasteiger partial charge in [0.15, 0.2) is 5.76 Å². The molecule has 17 heavy (non-hydrogen) atoms. The zero-order chi connectivity index (χ0) is 11.7. The van der Waals surface area contributed by atoms with Crippen LogP contribution in [0.2, 0.25) is 0 Å². The Labute approximate surface area is 108 Å². The van der Waals surface area contributed by atoms with Crippen LogP contribution < -0.4 is 5.32 Å². The van der Waals surface area contributed by atoms with Gasteiger partial charge in [0.2, 0.25) is 0 Å². The monoisotopic (exact) mass is 258 g/mol. The van der Waals surface area contributed by atoms with Crippen LogP contribution in [0.25, 0.3) is 0 Å². The largest absolute Gasteiger partial charge is 0.456 e. The number of amides is 1. The Bertz CT molecular complexity index is 382. The second-order valence-corrected chi connectivity index (χ2v) is 4.59. The molecule has 2 rings (SSSR count). The van der Waals surface area contributed by atoms with Crippen LogP contribution in [0.5, 0.6) is 0 Å². The van der Waals surface area contributed by atoms with E-state index in [2.05, 4.69) is 19.2 Å². The van der Waals surface area contributed by atoms with E-state index < -0.39 is 0 Å². The normalized spacial score (nSPS) is 24.3. The fourth-order valence-corrected chi connectivity index (χ4v) is 2.20. The van der Waals surface area contributed by atoms with Crippen molar-refractivity contribution in [2.24, 2.45) is 0 Å². The number of piperazine rings is 1. The van der Waals surface area contributed by atoms with Crippen LogP contribution in [0.4, 0.5) is 0 Å². The molecule has 0 spiro atoms. The molecule has 4 nitrogen and oxygen atoms in total. The third-order valence-corrected chi connectivity index (χ3v) is 2.80. The van der Waals surface area contributed by atoms with E-state index in [1.54, 1.807) is 6.07 Å². The van der Waals surface area contributed by atoms with E-state index in [1.807, 2.05) is 17.9 Å². The highest BCUT2D eigenvalue weighted by Crippen LogP contribution is 2.12. The first-order chi connectivity index (χ1) is 7.56. The van der Waals surface area contributed by atoms with E-state index in [1.165, 1.54) is 0 Å². The van der Waals surface area contributed by atoms with Gasteiger partial charge in [0.25, 0.3) is 5.91 Å². The van der Waals surface area contributed by atoms with Gasteiger partial charge < -0.3 is 14.6 Å². The summed E-state index contributed by atoms with van der Waals surface area (Å²) < 4.78 is 5.36. The van der Waals surface area contributed by atoms with Crippen molar-refractivity contribution in [1.29, 1.82) is 0 Å². The standard InChI is InChI=1S/C12H18N2O2.ClH/c1-8-6-14(7-9(2)13-8)12(15)11-5-4-10(3)16-11;/h4-5,8-9,13H,6-7H2,1-3H3;1H. The number of aryl methyl sites for hydroxylation is 1. The average Bonchev–Trinajstić information content (AvgIpc) is 2.62. The Hall–Kier alpha value is -1.00. The molecule has 1 aromatic heterocycles. The molecule has 0 aliphatic carbocycles. The number of nitrogens with zero attached hydrogens (tertiary/aromatic N) is 1. The second-order valence-electron chi connectivity index (χ2n) is 4.59. The predicted molar refractivity (Wildman–Crippen MR) is 68.7 cm³/mol. The third-order valence-electron chi connectivity index (χ3n) is 2.80. The maximum Gasteiger partial charge on any atom is 0.289 e. The summed E-state index contributed by atoms with van der Waals surface area (Å²) in [5, 5.41) is 3.40. The smallest absolute Gasteiger partial charge is 0.289 e.